The first-order chi connectivity index (χ1) is 10.3. The minimum Gasteiger partial charge on any atom is -0.347 e. The fourth-order valence-corrected chi connectivity index (χ4v) is 4.67. The van der Waals surface area contributed by atoms with Gasteiger partial charge in [0.15, 0.2) is 0 Å². The molecule has 1 aliphatic carbocycles. The molecule has 2 N–H and O–H groups in total. The van der Waals surface area contributed by atoms with E-state index in [0.717, 1.165) is 25.2 Å². The number of rotatable bonds is 5. The number of fused-ring (bicyclic) bond motifs is 1. The van der Waals surface area contributed by atoms with Crippen LogP contribution in [0.5, 0.6) is 0 Å². The maximum atomic E-state index is 12.6. The molecule has 116 valence electrons. The van der Waals surface area contributed by atoms with Crippen LogP contribution in [0.3, 0.4) is 0 Å². The van der Waals surface area contributed by atoms with Crippen LogP contribution < -0.4 is 10.6 Å². The van der Waals surface area contributed by atoms with Crippen molar-refractivity contribution in [3.63, 3.8) is 0 Å². The highest BCUT2D eigenvalue weighted by molar-refractivity contribution is 7.10. The Labute approximate surface area is 131 Å². The Morgan fingerprint density at radius 2 is 2.33 bits per heavy atom. The average molecular weight is 306 g/mol. The highest BCUT2D eigenvalue weighted by atomic mass is 32.1. The lowest BCUT2D eigenvalue weighted by Gasteiger charge is -2.24. The quantitative estimate of drug-likeness (QED) is 0.872. The first-order valence-electron chi connectivity index (χ1n) is 8.37. The summed E-state index contributed by atoms with van der Waals surface area (Å²) in [4.78, 5) is 13.9. The van der Waals surface area contributed by atoms with Gasteiger partial charge >= 0.3 is 0 Å². The second-order valence-corrected chi connectivity index (χ2v) is 7.45. The molecule has 0 aromatic carbocycles. The summed E-state index contributed by atoms with van der Waals surface area (Å²) in [7, 11) is 0. The Balaban J connectivity index is 1.60. The van der Waals surface area contributed by atoms with Gasteiger partial charge < -0.3 is 10.6 Å². The molecule has 0 spiro atoms. The van der Waals surface area contributed by atoms with E-state index in [4.69, 9.17) is 0 Å². The van der Waals surface area contributed by atoms with Gasteiger partial charge in [-0.1, -0.05) is 32.3 Å². The lowest BCUT2D eigenvalue weighted by atomic mass is 9.85. The Morgan fingerprint density at radius 1 is 1.48 bits per heavy atom. The largest absolute Gasteiger partial charge is 0.347 e. The Kier molecular flexibility index (Phi) is 4.96. The first-order valence-corrected chi connectivity index (χ1v) is 9.25. The SMILES string of the molecule is CCCC(NC(=O)C1CC2CCCCC2N1)c1cccs1. The zero-order valence-corrected chi connectivity index (χ0v) is 13.6. The topological polar surface area (TPSA) is 41.1 Å². The van der Waals surface area contributed by atoms with E-state index >= 15 is 0 Å². The molecule has 3 nitrogen and oxygen atoms in total. The molecule has 1 saturated heterocycles. The molecule has 4 unspecified atom stereocenters. The molecular weight excluding hydrogens is 280 g/mol. The summed E-state index contributed by atoms with van der Waals surface area (Å²) in [5.74, 6) is 0.928. The van der Waals surface area contributed by atoms with E-state index in [9.17, 15) is 4.79 Å². The monoisotopic (exact) mass is 306 g/mol. The Morgan fingerprint density at radius 3 is 3.05 bits per heavy atom. The number of hydrogen-bond donors (Lipinski definition) is 2. The molecule has 2 aliphatic rings. The first kappa shape index (κ1) is 15.0. The van der Waals surface area contributed by atoms with Gasteiger partial charge in [-0.3, -0.25) is 4.79 Å². The molecule has 1 saturated carbocycles. The Hall–Kier alpha value is -0.870. The van der Waals surface area contributed by atoms with Crippen molar-refractivity contribution in [2.75, 3.05) is 0 Å². The van der Waals surface area contributed by atoms with Gasteiger partial charge in [-0.25, -0.2) is 0 Å². The molecule has 0 bridgehead atoms. The number of carbonyl (C=O) groups excluding carboxylic acids is 1. The summed E-state index contributed by atoms with van der Waals surface area (Å²) in [6.45, 7) is 2.18. The molecular formula is C17H26N2OS. The number of thiophene rings is 1. The van der Waals surface area contributed by atoms with Crippen LogP contribution >= 0.6 is 11.3 Å². The predicted octanol–water partition coefficient (Wildman–Crippen LogP) is 3.63. The third-order valence-corrected chi connectivity index (χ3v) is 5.95. The maximum Gasteiger partial charge on any atom is 0.237 e. The summed E-state index contributed by atoms with van der Waals surface area (Å²) in [6.07, 6.45) is 8.33. The Bertz CT molecular complexity index is 445. The second kappa shape index (κ2) is 6.93. The van der Waals surface area contributed by atoms with Gasteiger partial charge in [0.2, 0.25) is 5.91 Å². The van der Waals surface area contributed by atoms with Crippen LogP contribution in [-0.4, -0.2) is 18.0 Å². The lowest BCUT2D eigenvalue weighted by molar-refractivity contribution is -0.123. The smallest absolute Gasteiger partial charge is 0.237 e. The predicted molar refractivity (Wildman–Crippen MR) is 87.4 cm³/mol. The summed E-state index contributed by atoms with van der Waals surface area (Å²) in [5.41, 5.74) is 0. The van der Waals surface area contributed by atoms with Crippen LogP contribution in [0.15, 0.2) is 17.5 Å². The molecule has 0 radical (unpaired) electrons. The number of nitrogens with one attached hydrogen (secondary N) is 2. The molecule has 4 atom stereocenters. The average Bonchev–Trinajstić information content (AvgIpc) is 3.16. The van der Waals surface area contributed by atoms with Crippen molar-refractivity contribution >= 4 is 17.2 Å². The zero-order valence-electron chi connectivity index (χ0n) is 12.8. The van der Waals surface area contributed by atoms with E-state index in [-0.39, 0.29) is 18.0 Å². The highest BCUT2D eigenvalue weighted by Crippen LogP contribution is 2.33. The van der Waals surface area contributed by atoms with Gasteiger partial charge in [-0.15, -0.1) is 11.3 Å². The van der Waals surface area contributed by atoms with E-state index in [1.54, 1.807) is 11.3 Å². The molecule has 3 rings (SSSR count). The summed E-state index contributed by atoms with van der Waals surface area (Å²) in [5, 5.41) is 8.95. The van der Waals surface area contributed by atoms with Crippen molar-refractivity contribution in [3.8, 4) is 0 Å². The highest BCUT2D eigenvalue weighted by Gasteiger charge is 2.38. The molecule has 4 heteroatoms. The van der Waals surface area contributed by atoms with Crippen molar-refractivity contribution in [1.29, 1.82) is 0 Å². The van der Waals surface area contributed by atoms with Crippen molar-refractivity contribution in [3.05, 3.63) is 22.4 Å². The van der Waals surface area contributed by atoms with E-state index in [0.29, 0.717) is 6.04 Å². The maximum absolute atomic E-state index is 12.6. The lowest BCUT2D eigenvalue weighted by Crippen LogP contribution is -2.44. The molecule has 21 heavy (non-hydrogen) atoms. The molecule has 1 amide bonds. The van der Waals surface area contributed by atoms with E-state index < -0.39 is 0 Å². The summed E-state index contributed by atoms with van der Waals surface area (Å²) in [6, 6.07) is 5.00. The third-order valence-electron chi connectivity index (χ3n) is 4.96. The van der Waals surface area contributed by atoms with E-state index in [2.05, 4.69) is 35.1 Å². The molecule has 1 aliphatic heterocycles. The minimum absolute atomic E-state index is 0.0254. The van der Waals surface area contributed by atoms with Crippen LogP contribution in [0.4, 0.5) is 0 Å². The van der Waals surface area contributed by atoms with Crippen molar-refractivity contribution in [2.45, 2.75) is 70.0 Å². The van der Waals surface area contributed by atoms with Gasteiger partial charge in [0.1, 0.15) is 0 Å². The molecule has 1 aromatic rings. The zero-order chi connectivity index (χ0) is 14.7. The van der Waals surface area contributed by atoms with Crippen LogP contribution in [0.1, 0.15) is 62.8 Å². The normalized spacial score (nSPS) is 29.9. The molecule has 2 fully saturated rings. The van der Waals surface area contributed by atoms with E-state index in [1.807, 2.05) is 0 Å². The van der Waals surface area contributed by atoms with E-state index in [1.165, 1.54) is 30.6 Å². The molecule has 2 heterocycles. The number of amides is 1. The summed E-state index contributed by atoms with van der Waals surface area (Å²) < 4.78 is 0. The van der Waals surface area contributed by atoms with Gasteiger partial charge in [-0.2, -0.15) is 0 Å². The van der Waals surface area contributed by atoms with Crippen molar-refractivity contribution in [1.82, 2.24) is 10.6 Å². The van der Waals surface area contributed by atoms with Crippen molar-refractivity contribution in [2.24, 2.45) is 5.92 Å². The standard InChI is InChI=1S/C17H26N2OS/c1-2-6-14(16-9-5-10-21-16)19-17(20)15-11-12-7-3-4-8-13(12)18-15/h5,9-10,12-15,18H,2-4,6-8,11H2,1H3,(H,19,20). The van der Waals surface area contributed by atoms with Crippen LogP contribution in [-0.2, 0) is 4.79 Å². The van der Waals surface area contributed by atoms with Crippen LogP contribution in [0.2, 0.25) is 0 Å². The second-order valence-electron chi connectivity index (χ2n) is 6.47. The number of carbonyl (C=O) groups is 1. The van der Waals surface area contributed by atoms with Crippen LogP contribution in [0.25, 0.3) is 0 Å². The summed E-state index contributed by atoms with van der Waals surface area (Å²) >= 11 is 1.74. The van der Waals surface area contributed by atoms with Crippen LogP contribution in [0, 0.1) is 5.92 Å². The fraction of sp³-hybridized carbons (Fsp3) is 0.706. The van der Waals surface area contributed by atoms with Gasteiger partial charge in [0.25, 0.3) is 0 Å². The van der Waals surface area contributed by atoms with Gasteiger partial charge in [-0.05, 0) is 43.0 Å². The number of hydrogen-bond acceptors (Lipinski definition) is 3. The minimum atomic E-state index is 0.0254. The van der Waals surface area contributed by atoms with Gasteiger partial charge in [0, 0.05) is 10.9 Å². The third kappa shape index (κ3) is 3.49. The van der Waals surface area contributed by atoms with Crippen molar-refractivity contribution < 1.29 is 4.79 Å². The van der Waals surface area contributed by atoms with Gasteiger partial charge in [0.05, 0.1) is 12.1 Å². The molecule has 1 aromatic heterocycles. The fourth-order valence-electron chi connectivity index (χ4n) is 3.86.